The van der Waals surface area contributed by atoms with E-state index in [4.69, 9.17) is 0 Å². The molecule has 0 bridgehead atoms. The minimum atomic E-state index is -4.82. The maximum absolute atomic E-state index is 11.8. The van der Waals surface area contributed by atoms with Crippen LogP contribution in [0.1, 0.15) is 13.8 Å². The summed E-state index contributed by atoms with van der Waals surface area (Å²) in [5.74, 6) is 0. The highest BCUT2D eigenvalue weighted by Gasteiger charge is 2.40. The van der Waals surface area contributed by atoms with Gasteiger partial charge in [-0.05, 0) is 13.8 Å². The number of alkyl halides is 3. The first kappa shape index (κ1) is 10.9. The summed E-state index contributed by atoms with van der Waals surface area (Å²) in [6, 6.07) is -1.10. The van der Waals surface area contributed by atoms with E-state index >= 15 is 0 Å². The first-order chi connectivity index (χ1) is 4.76. The first-order valence-electron chi connectivity index (χ1n) is 2.72. The Kier molecular flexibility index (Phi) is 3.46. The van der Waals surface area contributed by atoms with Crippen LogP contribution in [0.15, 0.2) is 0 Å². The predicted octanol–water partition coefficient (Wildman–Crippen LogP) is 1.01. The zero-order chi connectivity index (χ0) is 9.23. The summed E-state index contributed by atoms with van der Waals surface area (Å²) >= 11 is -3.24. The number of nitrogens with zero attached hydrogens (tertiary/aromatic N) is 1. The third-order valence-corrected chi connectivity index (χ3v) is 1.83. The molecule has 0 saturated carbocycles. The van der Waals surface area contributed by atoms with Crippen LogP contribution in [-0.2, 0) is 11.3 Å². The van der Waals surface area contributed by atoms with Gasteiger partial charge >= 0.3 is 6.30 Å². The van der Waals surface area contributed by atoms with Gasteiger partial charge in [0, 0.05) is 17.3 Å². The highest BCUT2D eigenvalue weighted by Crippen LogP contribution is 2.24. The standard InChI is InChI=1S/C4H8F3NO2S/c1-3(2)8(11(9)10)4(5,6)7/h3H,1-2H3,(H,9,10)/p-1. The Morgan fingerprint density at radius 1 is 1.45 bits per heavy atom. The summed E-state index contributed by atoms with van der Waals surface area (Å²) < 4.78 is 54.7. The van der Waals surface area contributed by atoms with Gasteiger partial charge in [-0.3, -0.25) is 4.21 Å². The van der Waals surface area contributed by atoms with Crippen LogP contribution >= 0.6 is 0 Å². The quantitative estimate of drug-likeness (QED) is 0.481. The third kappa shape index (κ3) is 3.17. The summed E-state index contributed by atoms with van der Waals surface area (Å²) in [7, 11) is 0. The molecule has 0 aliphatic heterocycles. The summed E-state index contributed by atoms with van der Waals surface area (Å²) in [5.41, 5.74) is 0. The zero-order valence-electron chi connectivity index (χ0n) is 5.88. The van der Waals surface area contributed by atoms with Gasteiger partial charge in [0.25, 0.3) is 0 Å². The Hall–Kier alpha value is -0.140. The van der Waals surface area contributed by atoms with Crippen LogP contribution in [0.5, 0.6) is 0 Å². The molecule has 1 atom stereocenters. The molecule has 0 saturated heterocycles. The second kappa shape index (κ2) is 3.51. The minimum Gasteiger partial charge on any atom is -0.759 e. The van der Waals surface area contributed by atoms with Crippen LogP contribution in [-0.4, -0.2) is 25.4 Å². The molecule has 0 aliphatic rings. The molecule has 7 heteroatoms. The van der Waals surface area contributed by atoms with Gasteiger partial charge in [0.05, 0.1) is 0 Å². The fourth-order valence-electron chi connectivity index (χ4n) is 0.549. The van der Waals surface area contributed by atoms with Crippen LogP contribution in [0.4, 0.5) is 13.2 Å². The highest BCUT2D eigenvalue weighted by molar-refractivity contribution is 7.76. The van der Waals surface area contributed by atoms with Crippen molar-refractivity contribution in [2.75, 3.05) is 0 Å². The Morgan fingerprint density at radius 3 is 1.82 bits per heavy atom. The minimum absolute atomic E-state index is 0.562. The topological polar surface area (TPSA) is 43.4 Å². The van der Waals surface area contributed by atoms with E-state index in [0.29, 0.717) is 0 Å². The molecule has 0 spiro atoms. The van der Waals surface area contributed by atoms with Crippen LogP contribution in [0.3, 0.4) is 0 Å². The molecule has 68 valence electrons. The van der Waals surface area contributed by atoms with E-state index in [9.17, 15) is 21.9 Å². The lowest BCUT2D eigenvalue weighted by Gasteiger charge is -2.29. The predicted molar refractivity (Wildman–Crippen MR) is 31.9 cm³/mol. The summed E-state index contributed by atoms with van der Waals surface area (Å²) in [6.45, 7) is 2.28. The lowest BCUT2D eigenvalue weighted by Crippen LogP contribution is -2.43. The average molecular weight is 190 g/mol. The van der Waals surface area contributed by atoms with Crippen molar-refractivity contribution in [2.24, 2.45) is 0 Å². The fraction of sp³-hybridized carbons (Fsp3) is 1.00. The smallest absolute Gasteiger partial charge is 0.470 e. The molecule has 0 aromatic heterocycles. The van der Waals surface area contributed by atoms with Crippen molar-refractivity contribution in [3.63, 3.8) is 0 Å². The molecule has 1 unspecified atom stereocenters. The van der Waals surface area contributed by atoms with Gasteiger partial charge in [0.15, 0.2) is 0 Å². The van der Waals surface area contributed by atoms with Crippen LogP contribution in [0.2, 0.25) is 0 Å². The lowest BCUT2D eigenvalue weighted by molar-refractivity contribution is -0.218. The van der Waals surface area contributed by atoms with Gasteiger partial charge in [-0.15, -0.1) is 4.31 Å². The Bertz CT molecular complexity index is 158. The second-order valence-corrected chi connectivity index (χ2v) is 2.93. The molecule has 0 rings (SSSR count). The fourth-order valence-corrected chi connectivity index (χ4v) is 1.06. The van der Waals surface area contributed by atoms with Crippen molar-refractivity contribution in [3.8, 4) is 0 Å². The Labute approximate surface area is 64.6 Å². The number of hydrogen-bond donors (Lipinski definition) is 0. The average Bonchev–Trinajstić information content (AvgIpc) is 1.54. The van der Waals surface area contributed by atoms with Crippen molar-refractivity contribution >= 4 is 11.3 Å². The number of rotatable bonds is 2. The lowest BCUT2D eigenvalue weighted by atomic mass is 10.4. The maximum atomic E-state index is 11.8. The molecule has 0 aromatic rings. The normalized spacial score (nSPS) is 16.0. The molecular formula is C4H7F3NO2S-. The molecule has 0 aromatic carbocycles. The first-order valence-corrected chi connectivity index (χ1v) is 3.75. The van der Waals surface area contributed by atoms with Crippen molar-refractivity contribution in [2.45, 2.75) is 26.2 Å². The molecule has 0 heterocycles. The van der Waals surface area contributed by atoms with Gasteiger partial charge in [0.2, 0.25) is 0 Å². The highest BCUT2D eigenvalue weighted by atomic mass is 32.2. The molecule has 3 nitrogen and oxygen atoms in total. The van der Waals surface area contributed by atoms with Gasteiger partial charge in [-0.2, -0.15) is 13.2 Å². The summed E-state index contributed by atoms with van der Waals surface area (Å²) in [6.07, 6.45) is -4.82. The van der Waals surface area contributed by atoms with E-state index in [1.807, 2.05) is 0 Å². The van der Waals surface area contributed by atoms with Crippen LogP contribution < -0.4 is 0 Å². The second-order valence-electron chi connectivity index (χ2n) is 2.10. The van der Waals surface area contributed by atoms with E-state index in [1.165, 1.54) is 0 Å². The van der Waals surface area contributed by atoms with E-state index in [2.05, 4.69) is 0 Å². The van der Waals surface area contributed by atoms with E-state index in [0.717, 1.165) is 13.8 Å². The van der Waals surface area contributed by atoms with E-state index < -0.39 is 27.9 Å². The summed E-state index contributed by atoms with van der Waals surface area (Å²) in [4.78, 5) is 0. The van der Waals surface area contributed by atoms with Crippen LogP contribution in [0, 0.1) is 0 Å². The Morgan fingerprint density at radius 2 is 1.82 bits per heavy atom. The molecule has 0 fully saturated rings. The third-order valence-electron chi connectivity index (χ3n) is 0.880. The van der Waals surface area contributed by atoms with Gasteiger partial charge in [0.1, 0.15) is 0 Å². The van der Waals surface area contributed by atoms with Gasteiger partial charge < -0.3 is 4.55 Å². The largest absolute Gasteiger partial charge is 0.759 e. The molecular weight excluding hydrogens is 183 g/mol. The molecule has 11 heavy (non-hydrogen) atoms. The zero-order valence-corrected chi connectivity index (χ0v) is 6.70. The van der Waals surface area contributed by atoms with Gasteiger partial charge in [-0.1, -0.05) is 0 Å². The van der Waals surface area contributed by atoms with E-state index in [1.54, 1.807) is 0 Å². The van der Waals surface area contributed by atoms with Crippen molar-refractivity contribution in [1.82, 2.24) is 4.31 Å². The van der Waals surface area contributed by atoms with Crippen molar-refractivity contribution < 1.29 is 21.9 Å². The Balaban J connectivity index is 4.49. The van der Waals surface area contributed by atoms with Gasteiger partial charge in [-0.25, -0.2) is 0 Å². The van der Waals surface area contributed by atoms with Crippen molar-refractivity contribution in [1.29, 1.82) is 0 Å². The molecule has 0 N–H and O–H groups in total. The molecule has 0 radical (unpaired) electrons. The summed E-state index contributed by atoms with van der Waals surface area (Å²) in [5, 5.41) is 0. The van der Waals surface area contributed by atoms with Crippen molar-refractivity contribution in [3.05, 3.63) is 0 Å². The van der Waals surface area contributed by atoms with E-state index in [-0.39, 0.29) is 0 Å². The number of hydrogen-bond acceptors (Lipinski definition) is 2. The van der Waals surface area contributed by atoms with Crippen LogP contribution in [0.25, 0.3) is 0 Å². The maximum Gasteiger partial charge on any atom is 0.470 e. The SMILES string of the molecule is CC(C)N(S(=O)[O-])C(F)(F)F. The molecule has 0 amide bonds. The monoisotopic (exact) mass is 190 g/mol. The number of halogens is 3. The molecule has 0 aliphatic carbocycles.